The van der Waals surface area contributed by atoms with Crippen LogP contribution in [0.15, 0.2) is 12.4 Å². The molecule has 1 N–H and O–H groups in total. The Balaban J connectivity index is 1.90. The van der Waals surface area contributed by atoms with Gasteiger partial charge in [-0.25, -0.2) is 4.79 Å². The fourth-order valence-corrected chi connectivity index (χ4v) is 4.24. The van der Waals surface area contributed by atoms with E-state index in [2.05, 4.69) is 10.4 Å². The van der Waals surface area contributed by atoms with Crippen LogP contribution in [0.5, 0.6) is 0 Å². The maximum Gasteiger partial charge on any atom is 0.341 e. The van der Waals surface area contributed by atoms with E-state index in [0.29, 0.717) is 22.7 Å². The number of nitrogens with one attached hydrogen (secondary N) is 1. The number of ether oxygens (including phenoxy) is 1. The van der Waals surface area contributed by atoms with Gasteiger partial charge in [-0.3, -0.25) is 9.48 Å². The van der Waals surface area contributed by atoms with Crippen LogP contribution in [0.1, 0.15) is 64.8 Å². The van der Waals surface area contributed by atoms with Crippen LogP contribution in [0.4, 0.5) is 5.00 Å². The number of nitrogens with zero attached hydrogens (tertiary/aromatic N) is 2. The van der Waals surface area contributed by atoms with Gasteiger partial charge in [0.05, 0.1) is 23.4 Å². The van der Waals surface area contributed by atoms with Gasteiger partial charge in [0.1, 0.15) is 5.00 Å². The van der Waals surface area contributed by atoms with Crippen molar-refractivity contribution in [1.29, 1.82) is 0 Å². The number of amides is 1. The zero-order chi connectivity index (χ0) is 18.0. The summed E-state index contributed by atoms with van der Waals surface area (Å²) in [6, 6.07) is 0. The molecule has 0 aromatic carbocycles. The molecule has 0 bridgehead atoms. The number of aromatic nitrogens is 2. The molecule has 6 nitrogen and oxygen atoms in total. The highest BCUT2D eigenvalue weighted by Crippen LogP contribution is 2.38. The molecule has 2 aromatic heterocycles. The summed E-state index contributed by atoms with van der Waals surface area (Å²) in [6.45, 7) is 6.32. The Morgan fingerprint density at radius 1 is 1.36 bits per heavy atom. The molecule has 0 spiro atoms. The van der Waals surface area contributed by atoms with Crippen molar-refractivity contribution in [1.82, 2.24) is 9.78 Å². The summed E-state index contributed by atoms with van der Waals surface area (Å²) in [5.41, 5.74) is 2.06. The van der Waals surface area contributed by atoms with E-state index in [1.165, 1.54) is 16.2 Å². The van der Waals surface area contributed by atoms with E-state index in [-0.39, 0.29) is 18.0 Å². The highest BCUT2D eigenvalue weighted by atomic mass is 32.1. The second-order valence-electron chi connectivity index (χ2n) is 6.41. The Kier molecular flexibility index (Phi) is 5.22. The SMILES string of the molecule is CCn1cc(C(=O)Nc2sc3c(c2C(=O)OC(C)C)CCCC3)cn1. The first-order valence-corrected chi connectivity index (χ1v) is 9.50. The van der Waals surface area contributed by atoms with E-state index in [1.807, 2.05) is 20.8 Å². The highest BCUT2D eigenvalue weighted by Gasteiger charge is 2.28. The fourth-order valence-electron chi connectivity index (χ4n) is 2.97. The van der Waals surface area contributed by atoms with Gasteiger partial charge < -0.3 is 10.1 Å². The summed E-state index contributed by atoms with van der Waals surface area (Å²) in [6.07, 6.45) is 7.03. The Morgan fingerprint density at radius 3 is 2.80 bits per heavy atom. The van der Waals surface area contributed by atoms with Crippen LogP contribution >= 0.6 is 11.3 Å². The van der Waals surface area contributed by atoms with Crippen LogP contribution < -0.4 is 5.32 Å². The van der Waals surface area contributed by atoms with Gasteiger partial charge in [0, 0.05) is 17.6 Å². The summed E-state index contributed by atoms with van der Waals surface area (Å²) in [4.78, 5) is 26.3. The number of aryl methyl sites for hydroxylation is 2. The first-order valence-electron chi connectivity index (χ1n) is 8.69. The van der Waals surface area contributed by atoms with Gasteiger partial charge in [-0.2, -0.15) is 5.10 Å². The van der Waals surface area contributed by atoms with E-state index in [4.69, 9.17) is 4.74 Å². The molecule has 1 amide bonds. The predicted molar refractivity (Wildman–Crippen MR) is 97.4 cm³/mol. The molecule has 2 aromatic rings. The van der Waals surface area contributed by atoms with Gasteiger partial charge in [0.15, 0.2) is 0 Å². The number of hydrogen-bond acceptors (Lipinski definition) is 5. The number of anilines is 1. The summed E-state index contributed by atoms with van der Waals surface area (Å²) in [5.74, 6) is -0.606. The van der Waals surface area contributed by atoms with Crippen molar-refractivity contribution in [2.45, 2.75) is 59.1 Å². The lowest BCUT2D eigenvalue weighted by atomic mass is 9.95. The lowest BCUT2D eigenvalue weighted by Gasteiger charge is -2.14. The summed E-state index contributed by atoms with van der Waals surface area (Å²) in [5, 5.41) is 7.62. The van der Waals surface area contributed by atoms with Gasteiger partial charge in [0.2, 0.25) is 0 Å². The molecule has 0 saturated heterocycles. The van der Waals surface area contributed by atoms with Crippen LogP contribution in [0.25, 0.3) is 0 Å². The second-order valence-corrected chi connectivity index (χ2v) is 7.51. The molecule has 1 aliphatic rings. The zero-order valence-electron chi connectivity index (χ0n) is 14.8. The number of carbonyl (C=O) groups excluding carboxylic acids is 2. The third-order valence-electron chi connectivity index (χ3n) is 4.16. The highest BCUT2D eigenvalue weighted by molar-refractivity contribution is 7.17. The molecule has 0 radical (unpaired) electrons. The summed E-state index contributed by atoms with van der Waals surface area (Å²) < 4.78 is 7.11. The van der Waals surface area contributed by atoms with Crippen LogP contribution in [-0.2, 0) is 24.1 Å². The molecule has 0 atom stereocenters. The number of fused-ring (bicyclic) bond motifs is 1. The number of thiophene rings is 1. The summed E-state index contributed by atoms with van der Waals surface area (Å²) >= 11 is 1.49. The molecule has 25 heavy (non-hydrogen) atoms. The van der Waals surface area contributed by atoms with E-state index in [0.717, 1.165) is 31.2 Å². The third kappa shape index (κ3) is 3.76. The van der Waals surface area contributed by atoms with E-state index < -0.39 is 0 Å². The van der Waals surface area contributed by atoms with Crippen LogP contribution in [0.2, 0.25) is 0 Å². The lowest BCUT2D eigenvalue weighted by molar-refractivity contribution is 0.0378. The summed E-state index contributed by atoms with van der Waals surface area (Å²) in [7, 11) is 0. The molecular weight excluding hydrogens is 338 g/mol. The lowest BCUT2D eigenvalue weighted by Crippen LogP contribution is -2.17. The van der Waals surface area contributed by atoms with Crippen molar-refractivity contribution in [3.05, 3.63) is 34.0 Å². The Labute approximate surface area is 151 Å². The van der Waals surface area contributed by atoms with Crippen molar-refractivity contribution in [3.63, 3.8) is 0 Å². The first-order chi connectivity index (χ1) is 12.0. The zero-order valence-corrected chi connectivity index (χ0v) is 15.6. The minimum absolute atomic E-state index is 0.196. The topological polar surface area (TPSA) is 73.2 Å². The third-order valence-corrected chi connectivity index (χ3v) is 5.37. The molecule has 3 rings (SSSR count). The molecule has 7 heteroatoms. The Bertz CT molecular complexity index is 792. The minimum Gasteiger partial charge on any atom is -0.459 e. The Morgan fingerprint density at radius 2 is 2.12 bits per heavy atom. The normalized spacial score (nSPS) is 13.6. The molecule has 0 fully saturated rings. The standard InChI is InChI=1S/C18H23N3O3S/c1-4-21-10-12(9-19-21)16(22)20-17-15(18(23)24-11(2)3)13-7-5-6-8-14(13)25-17/h9-11H,4-8H2,1-3H3,(H,20,22). The van der Waals surface area contributed by atoms with Crippen LogP contribution in [0, 0.1) is 0 Å². The molecule has 0 unspecified atom stereocenters. The van der Waals surface area contributed by atoms with Crippen LogP contribution in [0.3, 0.4) is 0 Å². The molecule has 134 valence electrons. The number of carbonyl (C=O) groups is 2. The monoisotopic (exact) mass is 361 g/mol. The van der Waals surface area contributed by atoms with Gasteiger partial charge in [-0.15, -0.1) is 11.3 Å². The van der Waals surface area contributed by atoms with E-state index in [9.17, 15) is 9.59 Å². The molecule has 1 aliphatic carbocycles. The van der Waals surface area contributed by atoms with Gasteiger partial charge in [0.25, 0.3) is 5.91 Å². The van der Waals surface area contributed by atoms with Crippen LogP contribution in [-0.4, -0.2) is 27.8 Å². The maximum absolute atomic E-state index is 12.6. The average Bonchev–Trinajstić information content (AvgIpc) is 3.18. The first kappa shape index (κ1) is 17.7. The molecule has 0 saturated carbocycles. The van der Waals surface area contributed by atoms with Crippen molar-refractivity contribution in [2.24, 2.45) is 0 Å². The number of rotatable bonds is 5. The van der Waals surface area contributed by atoms with Crippen molar-refractivity contribution >= 4 is 28.2 Å². The molecular formula is C18H23N3O3S. The maximum atomic E-state index is 12.6. The van der Waals surface area contributed by atoms with Crippen molar-refractivity contribution in [3.8, 4) is 0 Å². The number of hydrogen-bond donors (Lipinski definition) is 1. The second kappa shape index (κ2) is 7.39. The van der Waals surface area contributed by atoms with Crippen molar-refractivity contribution < 1.29 is 14.3 Å². The smallest absolute Gasteiger partial charge is 0.341 e. The minimum atomic E-state index is -0.353. The Hall–Kier alpha value is -2.15. The molecule has 0 aliphatic heterocycles. The average molecular weight is 361 g/mol. The van der Waals surface area contributed by atoms with Crippen molar-refractivity contribution in [2.75, 3.05) is 5.32 Å². The fraction of sp³-hybridized carbons (Fsp3) is 0.500. The van der Waals surface area contributed by atoms with E-state index >= 15 is 0 Å². The quantitative estimate of drug-likeness (QED) is 0.825. The molecule has 2 heterocycles. The predicted octanol–water partition coefficient (Wildman–Crippen LogP) is 3.66. The van der Waals surface area contributed by atoms with Gasteiger partial charge in [-0.05, 0) is 52.0 Å². The van der Waals surface area contributed by atoms with Gasteiger partial charge in [-0.1, -0.05) is 0 Å². The largest absolute Gasteiger partial charge is 0.459 e. The number of esters is 1. The van der Waals surface area contributed by atoms with Gasteiger partial charge >= 0.3 is 5.97 Å². The van der Waals surface area contributed by atoms with E-state index in [1.54, 1.807) is 17.1 Å².